The van der Waals surface area contributed by atoms with Crippen LogP contribution < -0.4 is 4.90 Å². The lowest BCUT2D eigenvalue weighted by atomic mass is 10.2. The standard InChI is InChI=1S/C16H19ClN2O3S2/c1-2-3-7-15(20)18-16-19(12-6-4-5-11(17)8-12)13-9-24(21,22)10-14(13)23-16/h4-6,8,13-14H,2-3,7,9-10H2,1H3/t13-,14-/m1/s1. The Morgan fingerprint density at radius 1 is 1.42 bits per heavy atom. The highest BCUT2D eigenvalue weighted by Gasteiger charge is 2.49. The number of nitrogens with zero attached hydrogens (tertiary/aromatic N) is 2. The van der Waals surface area contributed by atoms with Crippen LogP contribution in [0.25, 0.3) is 0 Å². The van der Waals surface area contributed by atoms with Gasteiger partial charge in [-0.3, -0.25) is 4.79 Å². The monoisotopic (exact) mass is 386 g/mol. The van der Waals surface area contributed by atoms with Gasteiger partial charge >= 0.3 is 0 Å². The van der Waals surface area contributed by atoms with Crippen LogP contribution in [0.15, 0.2) is 29.3 Å². The van der Waals surface area contributed by atoms with Crippen LogP contribution in [0.2, 0.25) is 5.02 Å². The molecule has 0 saturated carbocycles. The number of amides is 1. The predicted octanol–water partition coefficient (Wildman–Crippen LogP) is 3.13. The molecule has 2 fully saturated rings. The molecule has 1 aromatic carbocycles. The largest absolute Gasteiger partial charge is 0.316 e. The normalized spacial score (nSPS) is 26.8. The lowest BCUT2D eigenvalue weighted by molar-refractivity contribution is -0.117. The maximum Gasteiger partial charge on any atom is 0.248 e. The number of anilines is 1. The molecule has 2 aliphatic heterocycles. The summed E-state index contributed by atoms with van der Waals surface area (Å²) in [5, 5.41) is 1.06. The van der Waals surface area contributed by atoms with Crippen LogP contribution in [-0.4, -0.2) is 42.3 Å². The van der Waals surface area contributed by atoms with Gasteiger partial charge in [-0.15, -0.1) is 0 Å². The van der Waals surface area contributed by atoms with E-state index >= 15 is 0 Å². The minimum Gasteiger partial charge on any atom is -0.316 e. The van der Waals surface area contributed by atoms with Crippen molar-refractivity contribution < 1.29 is 13.2 Å². The van der Waals surface area contributed by atoms with Gasteiger partial charge in [-0.05, 0) is 24.6 Å². The van der Waals surface area contributed by atoms with Crippen molar-refractivity contribution in [3.8, 4) is 0 Å². The quantitative estimate of drug-likeness (QED) is 0.795. The number of hydrogen-bond acceptors (Lipinski definition) is 4. The first-order chi connectivity index (χ1) is 11.4. The molecule has 8 heteroatoms. The number of sulfone groups is 1. The second kappa shape index (κ2) is 7.06. The van der Waals surface area contributed by atoms with Crippen molar-refractivity contribution in [1.82, 2.24) is 0 Å². The van der Waals surface area contributed by atoms with Gasteiger partial charge in [0.25, 0.3) is 0 Å². The third-order valence-electron chi connectivity index (χ3n) is 4.12. The van der Waals surface area contributed by atoms with E-state index in [1.54, 1.807) is 12.1 Å². The third-order valence-corrected chi connectivity index (χ3v) is 7.56. The molecule has 0 unspecified atom stereocenters. The van der Waals surface area contributed by atoms with E-state index in [4.69, 9.17) is 11.6 Å². The first kappa shape index (κ1) is 17.8. The first-order valence-electron chi connectivity index (χ1n) is 7.93. The van der Waals surface area contributed by atoms with E-state index in [9.17, 15) is 13.2 Å². The van der Waals surface area contributed by atoms with Gasteiger partial charge < -0.3 is 4.90 Å². The Bertz CT molecular complexity index is 779. The molecule has 0 bridgehead atoms. The van der Waals surface area contributed by atoms with Gasteiger partial charge in [0.15, 0.2) is 15.0 Å². The van der Waals surface area contributed by atoms with Crippen LogP contribution in [0, 0.1) is 0 Å². The summed E-state index contributed by atoms with van der Waals surface area (Å²) in [7, 11) is -3.06. The number of rotatable bonds is 4. The second-order valence-electron chi connectivity index (χ2n) is 6.04. The van der Waals surface area contributed by atoms with E-state index < -0.39 is 9.84 Å². The van der Waals surface area contributed by atoms with Crippen molar-refractivity contribution in [1.29, 1.82) is 0 Å². The zero-order valence-electron chi connectivity index (χ0n) is 13.3. The van der Waals surface area contributed by atoms with Gasteiger partial charge in [0.05, 0.1) is 17.5 Å². The summed E-state index contributed by atoms with van der Waals surface area (Å²) < 4.78 is 24.0. The van der Waals surface area contributed by atoms with Crippen LogP contribution in [0.1, 0.15) is 26.2 Å². The SMILES string of the molecule is CCCCC(=O)N=C1S[C@@H]2CS(=O)(=O)C[C@H]2N1c1cccc(Cl)c1. The fraction of sp³-hybridized carbons (Fsp3) is 0.500. The molecule has 3 rings (SSSR count). The molecule has 130 valence electrons. The van der Waals surface area contributed by atoms with Crippen molar-refractivity contribution in [2.45, 2.75) is 37.5 Å². The summed E-state index contributed by atoms with van der Waals surface area (Å²) in [4.78, 5) is 18.2. The summed E-state index contributed by atoms with van der Waals surface area (Å²) in [5.74, 6) is 0.0511. The molecule has 1 amide bonds. The van der Waals surface area contributed by atoms with Crippen LogP contribution in [-0.2, 0) is 14.6 Å². The molecule has 2 aliphatic rings. The van der Waals surface area contributed by atoms with E-state index in [0.717, 1.165) is 18.5 Å². The van der Waals surface area contributed by atoms with Gasteiger partial charge in [-0.2, -0.15) is 4.99 Å². The summed E-state index contributed by atoms with van der Waals surface area (Å²) in [5.41, 5.74) is 0.779. The summed E-state index contributed by atoms with van der Waals surface area (Å²) in [6.45, 7) is 2.03. The highest BCUT2D eigenvalue weighted by molar-refractivity contribution is 8.16. The Morgan fingerprint density at radius 2 is 2.21 bits per heavy atom. The molecule has 2 heterocycles. The Kier molecular flexibility index (Phi) is 5.22. The molecule has 1 aromatic rings. The summed E-state index contributed by atoms with van der Waals surface area (Å²) >= 11 is 7.47. The van der Waals surface area contributed by atoms with E-state index in [1.807, 2.05) is 24.0 Å². The topological polar surface area (TPSA) is 66.8 Å². The summed E-state index contributed by atoms with van der Waals surface area (Å²) in [6, 6.07) is 7.03. The third kappa shape index (κ3) is 3.78. The average molecular weight is 387 g/mol. The molecule has 24 heavy (non-hydrogen) atoms. The van der Waals surface area contributed by atoms with Gasteiger partial charge in [0, 0.05) is 22.4 Å². The fourth-order valence-electron chi connectivity index (χ4n) is 2.98. The number of carbonyl (C=O) groups excluding carboxylic acids is 1. The second-order valence-corrected chi connectivity index (χ2v) is 9.84. The molecule has 0 N–H and O–H groups in total. The lowest BCUT2D eigenvalue weighted by Gasteiger charge is -2.24. The maximum absolute atomic E-state index is 12.1. The number of thioether (sulfide) groups is 1. The summed E-state index contributed by atoms with van der Waals surface area (Å²) in [6.07, 6.45) is 2.15. The number of halogens is 1. The van der Waals surface area contributed by atoms with E-state index in [2.05, 4.69) is 4.99 Å². The molecule has 0 radical (unpaired) electrons. The molecule has 2 saturated heterocycles. The first-order valence-corrected chi connectivity index (χ1v) is 11.0. The van der Waals surface area contributed by atoms with Gasteiger partial charge in [0.2, 0.25) is 5.91 Å². The van der Waals surface area contributed by atoms with Crippen molar-refractivity contribution in [2.24, 2.45) is 4.99 Å². The fourth-order valence-corrected chi connectivity index (χ4v) is 7.10. The number of fused-ring (bicyclic) bond motifs is 1. The molecule has 2 atom stereocenters. The zero-order chi connectivity index (χ0) is 17.3. The van der Waals surface area contributed by atoms with Crippen LogP contribution in [0.4, 0.5) is 5.69 Å². The van der Waals surface area contributed by atoms with Gasteiger partial charge in [-0.1, -0.05) is 42.8 Å². The Balaban J connectivity index is 1.94. The van der Waals surface area contributed by atoms with E-state index in [0.29, 0.717) is 16.6 Å². The lowest BCUT2D eigenvalue weighted by Crippen LogP contribution is -2.37. The Hall–Kier alpha value is -1.05. The molecular formula is C16H19ClN2O3S2. The minimum absolute atomic E-state index is 0.0827. The van der Waals surface area contributed by atoms with Gasteiger partial charge in [-0.25, -0.2) is 8.42 Å². The van der Waals surface area contributed by atoms with E-state index in [-0.39, 0.29) is 28.7 Å². The molecule has 0 spiro atoms. The zero-order valence-corrected chi connectivity index (χ0v) is 15.7. The number of aliphatic imine (C=N–C) groups is 1. The van der Waals surface area contributed by atoms with Crippen LogP contribution in [0.3, 0.4) is 0 Å². The number of carbonyl (C=O) groups is 1. The molecule has 5 nitrogen and oxygen atoms in total. The van der Waals surface area contributed by atoms with Crippen LogP contribution >= 0.6 is 23.4 Å². The molecule has 0 aliphatic carbocycles. The van der Waals surface area contributed by atoms with Crippen LogP contribution in [0.5, 0.6) is 0 Å². The number of benzene rings is 1. The predicted molar refractivity (Wildman–Crippen MR) is 99.7 cm³/mol. The average Bonchev–Trinajstić information content (AvgIpc) is 2.96. The van der Waals surface area contributed by atoms with E-state index in [1.165, 1.54) is 11.8 Å². The maximum atomic E-state index is 12.1. The Morgan fingerprint density at radius 3 is 2.92 bits per heavy atom. The molecular weight excluding hydrogens is 368 g/mol. The van der Waals surface area contributed by atoms with Crippen molar-refractivity contribution in [3.63, 3.8) is 0 Å². The van der Waals surface area contributed by atoms with Crippen molar-refractivity contribution in [3.05, 3.63) is 29.3 Å². The molecule has 0 aromatic heterocycles. The Labute approximate surface area is 151 Å². The number of unbranched alkanes of at least 4 members (excludes halogenated alkanes) is 1. The van der Waals surface area contributed by atoms with Crippen molar-refractivity contribution in [2.75, 3.05) is 16.4 Å². The number of hydrogen-bond donors (Lipinski definition) is 0. The number of amidine groups is 1. The highest BCUT2D eigenvalue weighted by Crippen LogP contribution is 2.41. The van der Waals surface area contributed by atoms with Gasteiger partial charge in [0.1, 0.15) is 0 Å². The minimum atomic E-state index is -3.06. The smallest absolute Gasteiger partial charge is 0.248 e. The highest BCUT2D eigenvalue weighted by atomic mass is 35.5. The van der Waals surface area contributed by atoms with Crippen molar-refractivity contribution >= 4 is 50.0 Å².